The Kier molecular flexibility index (Phi) is 4.76. The van der Waals surface area contributed by atoms with Crippen LogP contribution >= 0.6 is 15.9 Å². The monoisotopic (exact) mass is 326 g/mol. The van der Waals surface area contributed by atoms with Crippen LogP contribution in [0.3, 0.4) is 0 Å². The summed E-state index contributed by atoms with van der Waals surface area (Å²) in [6, 6.07) is 0. The van der Waals surface area contributed by atoms with Gasteiger partial charge >= 0.3 is 0 Å². The van der Waals surface area contributed by atoms with Crippen molar-refractivity contribution in [2.45, 2.75) is 13.8 Å². The normalized spacial score (nSPS) is 11.4. The maximum Gasteiger partial charge on any atom is 0.180 e. The van der Waals surface area contributed by atoms with Crippen molar-refractivity contribution >= 4 is 27.4 Å². The molecule has 104 valence electrons. The van der Waals surface area contributed by atoms with Crippen molar-refractivity contribution in [2.24, 2.45) is 5.92 Å². The first kappa shape index (κ1) is 14.3. The first-order valence-corrected chi connectivity index (χ1v) is 7.14. The van der Waals surface area contributed by atoms with E-state index in [9.17, 15) is 0 Å². The molecule has 0 aliphatic heterocycles. The number of nitrogens with zero attached hydrogens (tertiary/aromatic N) is 4. The lowest BCUT2D eigenvalue weighted by atomic mass is 10.2. The zero-order valence-electron chi connectivity index (χ0n) is 11.5. The molecule has 0 aliphatic carbocycles. The highest BCUT2D eigenvalue weighted by molar-refractivity contribution is 9.10. The maximum atomic E-state index is 5.19. The second kappa shape index (κ2) is 6.34. The van der Waals surface area contributed by atoms with E-state index >= 15 is 0 Å². The molecule has 0 radical (unpaired) electrons. The zero-order chi connectivity index (χ0) is 13.8. The molecule has 5 nitrogen and oxygen atoms in total. The average molecular weight is 327 g/mol. The van der Waals surface area contributed by atoms with E-state index in [2.05, 4.69) is 44.6 Å². The molecular formula is C13H19BrN4O. The van der Waals surface area contributed by atoms with Crippen LogP contribution in [0, 0.1) is 5.92 Å². The minimum absolute atomic E-state index is 0.549. The second-order valence-electron chi connectivity index (χ2n) is 4.88. The SMILES string of the molecule is COCCN(CC(C)C)c1nc(Br)cn2ccnc12. The molecule has 2 aromatic heterocycles. The number of hydrogen-bond acceptors (Lipinski definition) is 4. The minimum atomic E-state index is 0.549. The van der Waals surface area contributed by atoms with Gasteiger partial charge in [-0.2, -0.15) is 0 Å². The van der Waals surface area contributed by atoms with Gasteiger partial charge in [-0.1, -0.05) is 13.8 Å². The lowest BCUT2D eigenvalue weighted by molar-refractivity contribution is 0.204. The lowest BCUT2D eigenvalue weighted by Gasteiger charge is -2.25. The van der Waals surface area contributed by atoms with Crippen LogP contribution in [-0.4, -0.2) is 41.2 Å². The molecule has 2 rings (SSSR count). The van der Waals surface area contributed by atoms with E-state index in [-0.39, 0.29) is 0 Å². The third-order valence-electron chi connectivity index (χ3n) is 2.78. The fourth-order valence-corrected chi connectivity index (χ4v) is 2.41. The van der Waals surface area contributed by atoms with Gasteiger partial charge in [-0.3, -0.25) is 0 Å². The van der Waals surface area contributed by atoms with Gasteiger partial charge in [0.1, 0.15) is 4.60 Å². The summed E-state index contributed by atoms with van der Waals surface area (Å²) < 4.78 is 7.97. The van der Waals surface area contributed by atoms with Crippen LogP contribution < -0.4 is 4.90 Å². The third kappa shape index (κ3) is 3.45. The second-order valence-corrected chi connectivity index (χ2v) is 5.69. The molecule has 0 N–H and O–H groups in total. The quantitative estimate of drug-likeness (QED) is 0.818. The van der Waals surface area contributed by atoms with Crippen LogP contribution in [0.5, 0.6) is 0 Å². The first-order chi connectivity index (χ1) is 9.11. The molecule has 0 saturated carbocycles. The topological polar surface area (TPSA) is 42.7 Å². The van der Waals surface area contributed by atoms with Crippen molar-refractivity contribution in [3.05, 3.63) is 23.2 Å². The van der Waals surface area contributed by atoms with Gasteiger partial charge in [0.15, 0.2) is 11.5 Å². The molecule has 0 atom stereocenters. The van der Waals surface area contributed by atoms with Crippen LogP contribution in [0.1, 0.15) is 13.8 Å². The molecule has 0 aromatic carbocycles. The van der Waals surface area contributed by atoms with Crippen molar-refractivity contribution in [1.82, 2.24) is 14.4 Å². The summed E-state index contributed by atoms with van der Waals surface area (Å²) in [5.74, 6) is 1.44. The number of methoxy groups -OCH3 is 1. The summed E-state index contributed by atoms with van der Waals surface area (Å²) in [4.78, 5) is 11.2. The van der Waals surface area contributed by atoms with Crippen molar-refractivity contribution in [2.75, 3.05) is 31.7 Å². The van der Waals surface area contributed by atoms with Crippen LogP contribution in [0.4, 0.5) is 5.82 Å². The molecule has 6 heteroatoms. The zero-order valence-corrected chi connectivity index (χ0v) is 13.1. The Morgan fingerprint density at radius 1 is 1.47 bits per heavy atom. The van der Waals surface area contributed by atoms with E-state index in [1.807, 2.05) is 16.8 Å². The fraction of sp³-hybridized carbons (Fsp3) is 0.538. The molecule has 0 fully saturated rings. The van der Waals surface area contributed by atoms with Gasteiger partial charge in [-0.15, -0.1) is 0 Å². The molecule has 2 heterocycles. The predicted octanol–water partition coefficient (Wildman–Crippen LogP) is 2.60. The Morgan fingerprint density at radius 3 is 2.95 bits per heavy atom. The fourth-order valence-electron chi connectivity index (χ4n) is 2.02. The van der Waals surface area contributed by atoms with E-state index in [0.29, 0.717) is 12.5 Å². The van der Waals surface area contributed by atoms with Crippen LogP contribution in [0.15, 0.2) is 23.2 Å². The van der Waals surface area contributed by atoms with E-state index < -0.39 is 0 Å². The van der Waals surface area contributed by atoms with Gasteiger partial charge in [0.2, 0.25) is 0 Å². The third-order valence-corrected chi connectivity index (χ3v) is 3.16. The largest absolute Gasteiger partial charge is 0.383 e. The Hall–Kier alpha value is -1.14. The number of aromatic nitrogens is 3. The first-order valence-electron chi connectivity index (χ1n) is 6.35. The number of hydrogen-bond donors (Lipinski definition) is 0. The summed E-state index contributed by atoms with van der Waals surface area (Å²) >= 11 is 3.45. The lowest BCUT2D eigenvalue weighted by Crippen LogP contribution is -2.32. The van der Waals surface area contributed by atoms with E-state index in [0.717, 1.165) is 29.2 Å². The van der Waals surface area contributed by atoms with E-state index in [4.69, 9.17) is 4.74 Å². The number of ether oxygens (including phenoxy) is 1. The molecule has 0 unspecified atom stereocenters. The van der Waals surface area contributed by atoms with Crippen LogP contribution in [-0.2, 0) is 4.74 Å². The highest BCUT2D eigenvalue weighted by atomic mass is 79.9. The van der Waals surface area contributed by atoms with Gasteiger partial charge < -0.3 is 14.0 Å². The smallest absolute Gasteiger partial charge is 0.180 e. The van der Waals surface area contributed by atoms with E-state index in [1.54, 1.807) is 13.3 Å². The Bertz CT molecular complexity index is 540. The van der Waals surface area contributed by atoms with Gasteiger partial charge in [0.25, 0.3) is 0 Å². The van der Waals surface area contributed by atoms with Crippen molar-refractivity contribution in [1.29, 1.82) is 0 Å². The average Bonchev–Trinajstić information content (AvgIpc) is 2.80. The number of halogens is 1. The molecule has 0 aliphatic rings. The van der Waals surface area contributed by atoms with Gasteiger partial charge in [-0.05, 0) is 21.8 Å². The molecule has 2 aromatic rings. The summed E-state index contributed by atoms with van der Waals surface area (Å²) in [7, 11) is 1.72. The summed E-state index contributed by atoms with van der Waals surface area (Å²) in [5, 5.41) is 0. The molecule has 0 bridgehead atoms. The highest BCUT2D eigenvalue weighted by Crippen LogP contribution is 2.21. The summed E-state index contributed by atoms with van der Waals surface area (Å²) in [6.45, 7) is 6.80. The Labute approximate surface area is 121 Å². The summed E-state index contributed by atoms with van der Waals surface area (Å²) in [6.07, 6.45) is 5.63. The number of fused-ring (bicyclic) bond motifs is 1. The molecule has 19 heavy (non-hydrogen) atoms. The minimum Gasteiger partial charge on any atom is -0.383 e. The highest BCUT2D eigenvalue weighted by Gasteiger charge is 2.15. The number of anilines is 1. The Morgan fingerprint density at radius 2 is 2.26 bits per heavy atom. The Balaban J connectivity index is 2.38. The van der Waals surface area contributed by atoms with Crippen LogP contribution in [0.25, 0.3) is 5.65 Å². The molecule has 0 spiro atoms. The molecule has 0 saturated heterocycles. The van der Waals surface area contributed by atoms with Gasteiger partial charge in [0.05, 0.1) is 6.61 Å². The molecule has 0 amide bonds. The van der Waals surface area contributed by atoms with E-state index in [1.165, 1.54) is 0 Å². The number of imidazole rings is 1. The predicted molar refractivity (Wildman–Crippen MR) is 79.6 cm³/mol. The van der Waals surface area contributed by atoms with Crippen molar-refractivity contribution in [3.63, 3.8) is 0 Å². The maximum absolute atomic E-state index is 5.19. The standard InChI is InChI=1S/C13H19BrN4O/c1-10(2)8-18(6-7-19-3)13-12-15-4-5-17(12)9-11(14)16-13/h4-5,9-10H,6-8H2,1-3H3. The molecular weight excluding hydrogens is 308 g/mol. The van der Waals surface area contributed by atoms with Crippen molar-refractivity contribution in [3.8, 4) is 0 Å². The van der Waals surface area contributed by atoms with Crippen LogP contribution in [0.2, 0.25) is 0 Å². The van der Waals surface area contributed by atoms with Gasteiger partial charge in [-0.25, -0.2) is 9.97 Å². The van der Waals surface area contributed by atoms with Crippen molar-refractivity contribution < 1.29 is 4.74 Å². The summed E-state index contributed by atoms with van der Waals surface area (Å²) in [5.41, 5.74) is 0.875. The number of rotatable bonds is 6. The van der Waals surface area contributed by atoms with Gasteiger partial charge in [0, 0.05) is 38.8 Å².